The Bertz CT molecular complexity index is 1500. The molecule has 1 aromatic heterocycles. The number of ether oxygens (including phenoxy) is 3. The molecule has 1 saturated carbocycles. The van der Waals surface area contributed by atoms with Crippen LogP contribution in [-0.2, 0) is 4.74 Å². The molecule has 3 aromatic rings. The molecular weight excluding hydrogens is 582 g/mol. The molecule has 1 aliphatic rings. The van der Waals surface area contributed by atoms with Crippen LogP contribution in [0.1, 0.15) is 53.7 Å². The van der Waals surface area contributed by atoms with Crippen molar-refractivity contribution in [2.45, 2.75) is 38.5 Å². The third-order valence-electron chi connectivity index (χ3n) is 6.23. The van der Waals surface area contributed by atoms with Gasteiger partial charge in [0, 0.05) is 23.7 Å². The lowest BCUT2D eigenvalue weighted by atomic mass is 10.1. The number of oxazole rings is 1. The van der Waals surface area contributed by atoms with Crippen LogP contribution < -0.4 is 31.6 Å². The van der Waals surface area contributed by atoms with Gasteiger partial charge in [-0.05, 0) is 49.9 Å². The summed E-state index contributed by atoms with van der Waals surface area (Å²) in [5, 5.41) is 4.71. The van der Waals surface area contributed by atoms with E-state index in [1.165, 1.54) is 25.1 Å². The van der Waals surface area contributed by atoms with Crippen LogP contribution in [0.25, 0.3) is 11.5 Å². The molecule has 4 rings (SSSR count). The average molecular weight is 610 g/mol. The number of hydrogen-bond donors (Lipinski definition) is 4. The van der Waals surface area contributed by atoms with Gasteiger partial charge in [-0.3, -0.25) is 4.79 Å². The molecule has 6 N–H and O–H groups in total. The lowest BCUT2D eigenvalue weighted by molar-refractivity contribution is -0.0515. The first kappa shape index (κ1) is 30.9. The molecule has 1 aliphatic carbocycles. The zero-order valence-corrected chi connectivity index (χ0v) is 22.6. The number of benzene rings is 2. The summed E-state index contributed by atoms with van der Waals surface area (Å²) in [6.45, 7) is -1.92. The third-order valence-corrected chi connectivity index (χ3v) is 6.23. The zero-order chi connectivity index (χ0) is 31.3. The third kappa shape index (κ3) is 8.27. The van der Waals surface area contributed by atoms with Crippen molar-refractivity contribution in [2.24, 2.45) is 17.4 Å². The minimum Gasteiger partial charge on any atom is -0.489 e. The number of urea groups is 1. The Morgan fingerprint density at radius 1 is 1.09 bits per heavy atom. The standard InChI is InChI=1S/C27H27F4N5O7/c1-12(41-27(33)39)22-21(23(37)35-18(10-34-26(32)38)16-6-5-15(28)9-17(16)29)36-24(43-22)14-4-7-19(42-25(30)31)20(8-14)40-11-13-2-3-13/h4-9,12-13,18,25H,2-3,10-11H2,1H3,(H2,33,39)(H,35,37)(H3,32,34,38). The molecular formula is C27H27F4N5O7. The molecule has 230 valence electrons. The number of carbonyl (C=O) groups excluding carboxylic acids is 3. The van der Waals surface area contributed by atoms with Gasteiger partial charge in [-0.25, -0.2) is 23.4 Å². The normalized spacial score (nSPS) is 14.1. The highest BCUT2D eigenvalue weighted by atomic mass is 19.3. The number of carbonyl (C=O) groups is 3. The van der Waals surface area contributed by atoms with Crippen molar-refractivity contribution in [2.75, 3.05) is 13.2 Å². The first-order valence-electron chi connectivity index (χ1n) is 12.9. The first-order valence-corrected chi connectivity index (χ1v) is 12.9. The van der Waals surface area contributed by atoms with Gasteiger partial charge in [0.15, 0.2) is 29.1 Å². The lowest BCUT2D eigenvalue weighted by Crippen LogP contribution is -2.40. The van der Waals surface area contributed by atoms with Gasteiger partial charge in [0.1, 0.15) is 11.6 Å². The van der Waals surface area contributed by atoms with Crippen molar-refractivity contribution in [3.8, 4) is 23.0 Å². The van der Waals surface area contributed by atoms with Gasteiger partial charge in [-0.15, -0.1) is 0 Å². The van der Waals surface area contributed by atoms with E-state index in [4.69, 9.17) is 25.4 Å². The van der Waals surface area contributed by atoms with Crippen LogP contribution in [0.5, 0.6) is 11.5 Å². The van der Waals surface area contributed by atoms with E-state index in [1.54, 1.807) is 0 Å². The van der Waals surface area contributed by atoms with Gasteiger partial charge in [0.2, 0.25) is 5.89 Å². The molecule has 2 aromatic carbocycles. The summed E-state index contributed by atoms with van der Waals surface area (Å²) in [6.07, 6.45) is -0.585. The number of nitrogens with one attached hydrogen (secondary N) is 2. The number of amides is 4. The van der Waals surface area contributed by atoms with Crippen LogP contribution in [0.3, 0.4) is 0 Å². The molecule has 4 amide bonds. The number of hydrogen-bond acceptors (Lipinski definition) is 8. The van der Waals surface area contributed by atoms with Gasteiger partial charge >= 0.3 is 18.7 Å². The number of halogens is 4. The molecule has 0 bridgehead atoms. The maximum absolute atomic E-state index is 14.6. The first-order chi connectivity index (χ1) is 20.4. The molecule has 0 saturated heterocycles. The number of aromatic nitrogens is 1. The predicted molar refractivity (Wildman–Crippen MR) is 140 cm³/mol. The Hall–Kier alpha value is -5.02. The Kier molecular flexibility index (Phi) is 9.57. The smallest absolute Gasteiger partial charge is 0.405 e. The van der Waals surface area contributed by atoms with Crippen molar-refractivity contribution in [1.29, 1.82) is 0 Å². The lowest BCUT2D eigenvalue weighted by Gasteiger charge is -2.20. The number of nitrogens with zero attached hydrogens (tertiary/aromatic N) is 1. The second kappa shape index (κ2) is 13.3. The maximum Gasteiger partial charge on any atom is 0.405 e. The Balaban J connectivity index is 1.70. The molecule has 43 heavy (non-hydrogen) atoms. The fourth-order valence-electron chi connectivity index (χ4n) is 4.01. The van der Waals surface area contributed by atoms with Gasteiger partial charge in [-0.1, -0.05) is 6.07 Å². The summed E-state index contributed by atoms with van der Waals surface area (Å²) < 4.78 is 75.0. The second-order valence-electron chi connectivity index (χ2n) is 9.54. The Morgan fingerprint density at radius 2 is 1.84 bits per heavy atom. The molecule has 2 unspecified atom stereocenters. The van der Waals surface area contributed by atoms with Crippen molar-refractivity contribution < 1.29 is 50.6 Å². The van der Waals surface area contributed by atoms with E-state index in [9.17, 15) is 31.9 Å². The van der Waals surface area contributed by atoms with E-state index < -0.39 is 60.7 Å². The molecule has 1 heterocycles. The topological polar surface area (TPSA) is 181 Å². The highest BCUT2D eigenvalue weighted by Gasteiger charge is 2.30. The molecule has 2 atom stereocenters. The maximum atomic E-state index is 14.6. The highest BCUT2D eigenvalue weighted by molar-refractivity contribution is 5.94. The largest absolute Gasteiger partial charge is 0.489 e. The molecule has 0 aliphatic heterocycles. The van der Waals surface area contributed by atoms with E-state index in [-0.39, 0.29) is 46.8 Å². The summed E-state index contributed by atoms with van der Waals surface area (Å²) >= 11 is 0. The molecule has 0 spiro atoms. The summed E-state index contributed by atoms with van der Waals surface area (Å²) in [4.78, 5) is 40.4. The number of nitrogens with two attached hydrogens (primary N) is 2. The van der Waals surface area contributed by atoms with Crippen molar-refractivity contribution >= 4 is 18.0 Å². The predicted octanol–water partition coefficient (Wildman–Crippen LogP) is 4.31. The number of alkyl halides is 2. The van der Waals surface area contributed by atoms with Crippen LogP contribution in [0.2, 0.25) is 0 Å². The summed E-state index contributed by atoms with van der Waals surface area (Å²) in [6, 6.07) is 4.22. The summed E-state index contributed by atoms with van der Waals surface area (Å²) in [5.41, 5.74) is 9.81. The van der Waals surface area contributed by atoms with Crippen molar-refractivity contribution in [3.63, 3.8) is 0 Å². The van der Waals surface area contributed by atoms with Gasteiger partial charge in [-0.2, -0.15) is 8.78 Å². The monoisotopic (exact) mass is 609 g/mol. The van der Waals surface area contributed by atoms with Gasteiger partial charge in [0.05, 0.1) is 12.6 Å². The minimum absolute atomic E-state index is 0.0266. The van der Waals surface area contributed by atoms with E-state index in [1.807, 2.05) is 0 Å². The van der Waals surface area contributed by atoms with E-state index >= 15 is 0 Å². The van der Waals surface area contributed by atoms with E-state index in [2.05, 4.69) is 20.4 Å². The van der Waals surface area contributed by atoms with Crippen molar-refractivity contribution in [1.82, 2.24) is 15.6 Å². The van der Waals surface area contributed by atoms with Crippen LogP contribution in [0, 0.1) is 17.6 Å². The van der Waals surface area contributed by atoms with Crippen LogP contribution in [0.4, 0.5) is 27.2 Å². The average Bonchev–Trinajstić information content (AvgIpc) is 3.64. The molecule has 1 fully saturated rings. The minimum atomic E-state index is -3.12. The number of rotatable bonds is 13. The number of primary amides is 2. The Labute approximate surface area is 241 Å². The highest BCUT2D eigenvalue weighted by Crippen LogP contribution is 2.37. The van der Waals surface area contributed by atoms with Crippen LogP contribution >= 0.6 is 0 Å². The van der Waals surface area contributed by atoms with Gasteiger partial charge < -0.3 is 40.7 Å². The fourth-order valence-corrected chi connectivity index (χ4v) is 4.01. The van der Waals surface area contributed by atoms with E-state index in [0.29, 0.717) is 6.07 Å². The second-order valence-corrected chi connectivity index (χ2v) is 9.54. The molecule has 16 heteroatoms. The molecule has 12 nitrogen and oxygen atoms in total. The van der Waals surface area contributed by atoms with Crippen LogP contribution in [0.15, 0.2) is 40.8 Å². The quantitative estimate of drug-likeness (QED) is 0.207. The fraction of sp³-hybridized carbons (Fsp3) is 0.333. The van der Waals surface area contributed by atoms with E-state index in [0.717, 1.165) is 25.0 Å². The summed E-state index contributed by atoms with van der Waals surface area (Å²) in [7, 11) is 0. The SMILES string of the molecule is CC(OC(N)=O)c1oc(-c2ccc(OC(F)F)c(OCC3CC3)c2)nc1C(=O)NC(CNC(N)=O)c1ccc(F)cc1F. The summed E-state index contributed by atoms with van der Waals surface area (Å²) in [5.74, 6) is -3.34. The van der Waals surface area contributed by atoms with Gasteiger partial charge in [0.25, 0.3) is 5.91 Å². The Morgan fingerprint density at radius 3 is 2.47 bits per heavy atom. The van der Waals surface area contributed by atoms with Crippen molar-refractivity contribution in [3.05, 3.63) is 65.1 Å². The zero-order valence-electron chi connectivity index (χ0n) is 22.6. The van der Waals surface area contributed by atoms with Crippen LogP contribution in [-0.4, -0.2) is 42.8 Å². The molecule has 0 radical (unpaired) electrons.